The molecule has 1 amide bonds. The predicted molar refractivity (Wildman–Crippen MR) is 60.3 cm³/mol. The molecule has 0 aromatic carbocycles. The van der Waals surface area contributed by atoms with Gasteiger partial charge in [-0.2, -0.15) is 0 Å². The zero-order valence-corrected chi connectivity index (χ0v) is 9.95. The third kappa shape index (κ3) is 8.10. The van der Waals surface area contributed by atoms with Crippen molar-refractivity contribution in [3.8, 4) is 0 Å². The summed E-state index contributed by atoms with van der Waals surface area (Å²) < 4.78 is 0. The van der Waals surface area contributed by atoms with Crippen LogP contribution in [0.4, 0.5) is 0 Å². The van der Waals surface area contributed by atoms with Crippen LogP contribution in [0, 0.1) is 0 Å². The van der Waals surface area contributed by atoms with Crippen molar-refractivity contribution in [2.75, 3.05) is 5.75 Å². The number of hydrogen-bond donors (Lipinski definition) is 1. The predicted octanol–water partition coefficient (Wildman–Crippen LogP) is 1.96. The van der Waals surface area contributed by atoms with E-state index >= 15 is 0 Å². The molecule has 0 radical (unpaired) electrons. The summed E-state index contributed by atoms with van der Waals surface area (Å²) in [5, 5.41) is 2.85. The lowest BCUT2D eigenvalue weighted by molar-refractivity contribution is -0.119. The highest BCUT2D eigenvalue weighted by Gasteiger charge is 2.07. The minimum atomic E-state index is -0.0474. The molecule has 82 valence electrons. The van der Waals surface area contributed by atoms with E-state index in [2.05, 4.69) is 12.2 Å². The van der Waals surface area contributed by atoms with Gasteiger partial charge in [0.15, 0.2) is 5.12 Å². The van der Waals surface area contributed by atoms with Crippen LogP contribution in [0.3, 0.4) is 0 Å². The second-order valence-electron chi connectivity index (χ2n) is 3.39. The lowest BCUT2D eigenvalue weighted by atomic mass is 10.1. The van der Waals surface area contributed by atoms with Gasteiger partial charge in [-0.1, -0.05) is 31.5 Å². The van der Waals surface area contributed by atoms with E-state index in [1.165, 1.54) is 6.92 Å². The minimum absolute atomic E-state index is 0.0126. The maximum atomic E-state index is 11.2. The van der Waals surface area contributed by atoms with Crippen molar-refractivity contribution in [1.29, 1.82) is 0 Å². The van der Waals surface area contributed by atoms with Crippen LogP contribution in [-0.4, -0.2) is 22.8 Å². The van der Waals surface area contributed by atoms with Crippen molar-refractivity contribution in [1.82, 2.24) is 5.32 Å². The Hall–Kier alpha value is -0.510. The number of carbonyl (C=O) groups is 2. The van der Waals surface area contributed by atoms with E-state index in [1.54, 1.807) is 0 Å². The van der Waals surface area contributed by atoms with Gasteiger partial charge in [0, 0.05) is 13.0 Å². The molecule has 14 heavy (non-hydrogen) atoms. The Bertz CT molecular complexity index is 195. The molecule has 0 saturated heterocycles. The number of rotatable bonds is 6. The van der Waals surface area contributed by atoms with Gasteiger partial charge in [0.1, 0.15) is 0 Å². The standard InChI is InChI=1S/C10H19NO2S/c1-4-5-6-8(2)11-10(13)7-14-9(3)12/h8H,4-7H2,1-3H3,(H,11,13). The fourth-order valence-electron chi connectivity index (χ4n) is 1.07. The van der Waals surface area contributed by atoms with Crippen molar-refractivity contribution in [3.05, 3.63) is 0 Å². The number of unbranched alkanes of at least 4 members (excludes halogenated alkanes) is 1. The molecule has 0 bridgehead atoms. The van der Waals surface area contributed by atoms with Gasteiger partial charge in [0.2, 0.25) is 5.91 Å². The van der Waals surface area contributed by atoms with E-state index in [1.807, 2.05) is 6.92 Å². The van der Waals surface area contributed by atoms with E-state index in [9.17, 15) is 9.59 Å². The Balaban J connectivity index is 3.55. The van der Waals surface area contributed by atoms with Gasteiger partial charge in [-0.25, -0.2) is 0 Å². The molecule has 0 aromatic rings. The Morgan fingerprint density at radius 3 is 2.57 bits per heavy atom. The van der Waals surface area contributed by atoms with Gasteiger partial charge in [-0.15, -0.1) is 0 Å². The average Bonchev–Trinajstić information content (AvgIpc) is 2.11. The monoisotopic (exact) mass is 217 g/mol. The lowest BCUT2D eigenvalue weighted by Crippen LogP contribution is -2.33. The number of carbonyl (C=O) groups excluding carboxylic acids is 2. The van der Waals surface area contributed by atoms with Gasteiger partial charge in [0.25, 0.3) is 0 Å². The molecule has 0 heterocycles. The van der Waals surface area contributed by atoms with Crippen molar-refractivity contribution in [2.45, 2.75) is 46.1 Å². The molecule has 1 atom stereocenters. The Morgan fingerprint density at radius 2 is 2.07 bits per heavy atom. The summed E-state index contributed by atoms with van der Waals surface area (Å²) in [5.41, 5.74) is 0. The van der Waals surface area contributed by atoms with Crippen LogP contribution in [0.2, 0.25) is 0 Å². The Labute approximate surface area is 90.0 Å². The van der Waals surface area contributed by atoms with Gasteiger partial charge in [0.05, 0.1) is 5.75 Å². The number of thioether (sulfide) groups is 1. The summed E-state index contributed by atoms with van der Waals surface area (Å²) in [6.07, 6.45) is 3.27. The fourth-order valence-corrected chi connectivity index (χ4v) is 1.48. The smallest absolute Gasteiger partial charge is 0.230 e. The van der Waals surface area contributed by atoms with E-state index in [4.69, 9.17) is 0 Å². The first-order valence-corrected chi connectivity index (χ1v) is 5.97. The molecule has 0 rings (SSSR count). The molecular weight excluding hydrogens is 198 g/mol. The Morgan fingerprint density at radius 1 is 1.43 bits per heavy atom. The second-order valence-corrected chi connectivity index (χ2v) is 4.54. The normalized spacial score (nSPS) is 12.2. The van der Waals surface area contributed by atoms with Crippen LogP contribution in [0.5, 0.6) is 0 Å². The van der Waals surface area contributed by atoms with Gasteiger partial charge in [-0.3, -0.25) is 9.59 Å². The van der Waals surface area contributed by atoms with E-state index in [0.29, 0.717) is 0 Å². The first kappa shape index (κ1) is 13.5. The van der Waals surface area contributed by atoms with Crippen LogP contribution in [0.15, 0.2) is 0 Å². The molecule has 0 spiro atoms. The summed E-state index contributed by atoms with van der Waals surface area (Å²) in [6.45, 7) is 5.59. The van der Waals surface area contributed by atoms with Crippen LogP contribution >= 0.6 is 11.8 Å². The summed E-state index contributed by atoms with van der Waals surface area (Å²) in [6, 6.07) is 0.218. The van der Waals surface area contributed by atoms with Crippen LogP contribution in [0.1, 0.15) is 40.0 Å². The lowest BCUT2D eigenvalue weighted by Gasteiger charge is -2.12. The maximum Gasteiger partial charge on any atom is 0.230 e. The van der Waals surface area contributed by atoms with Gasteiger partial charge in [-0.05, 0) is 13.3 Å². The van der Waals surface area contributed by atoms with Crippen LogP contribution in [0.25, 0.3) is 0 Å². The highest BCUT2D eigenvalue weighted by Crippen LogP contribution is 2.02. The first-order valence-electron chi connectivity index (χ1n) is 4.99. The first-order chi connectivity index (χ1) is 6.56. The van der Waals surface area contributed by atoms with Crippen molar-refractivity contribution < 1.29 is 9.59 Å². The van der Waals surface area contributed by atoms with Crippen LogP contribution < -0.4 is 5.32 Å². The third-order valence-electron chi connectivity index (χ3n) is 1.80. The topological polar surface area (TPSA) is 46.2 Å². The zero-order chi connectivity index (χ0) is 11.0. The molecule has 1 N–H and O–H groups in total. The summed E-state index contributed by atoms with van der Waals surface area (Å²) in [7, 11) is 0. The fraction of sp³-hybridized carbons (Fsp3) is 0.800. The van der Waals surface area contributed by atoms with Gasteiger partial charge < -0.3 is 5.32 Å². The summed E-state index contributed by atoms with van der Waals surface area (Å²) in [5.74, 6) is 0.194. The molecule has 0 saturated carbocycles. The van der Waals surface area contributed by atoms with E-state index in [0.717, 1.165) is 31.0 Å². The van der Waals surface area contributed by atoms with Crippen LogP contribution in [-0.2, 0) is 9.59 Å². The zero-order valence-electron chi connectivity index (χ0n) is 9.13. The van der Waals surface area contributed by atoms with E-state index in [-0.39, 0.29) is 22.8 Å². The second kappa shape index (κ2) is 7.85. The molecule has 0 aliphatic heterocycles. The van der Waals surface area contributed by atoms with Gasteiger partial charge >= 0.3 is 0 Å². The molecule has 3 nitrogen and oxygen atoms in total. The maximum absolute atomic E-state index is 11.2. The van der Waals surface area contributed by atoms with Crippen molar-refractivity contribution in [3.63, 3.8) is 0 Å². The average molecular weight is 217 g/mol. The quantitative estimate of drug-likeness (QED) is 0.740. The molecule has 1 unspecified atom stereocenters. The van der Waals surface area contributed by atoms with Crippen molar-refractivity contribution >= 4 is 22.8 Å². The number of amides is 1. The molecular formula is C10H19NO2S. The number of nitrogens with one attached hydrogen (secondary N) is 1. The Kier molecular flexibility index (Phi) is 7.57. The highest BCUT2D eigenvalue weighted by atomic mass is 32.2. The third-order valence-corrected chi connectivity index (χ3v) is 2.62. The number of hydrogen-bond acceptors (Lipinski definition) is 3. The van der Waals surface area contributed by atoms with Crippen molar-refractivity contribution in [2.24, 2.45) is 0 Å². The molecule has 0 aliphatic rings. The highest BCUT2D eigenvalue weighted by molar-refractivity contribution is 8.14. The molecule has 0 fully saturated rings. The van der Waals surface area contributed by atoms with E-state index < -0.39 is 0 Å². The largest absolute Gasteiger partial charge is 0.353 e. The minimum Gasteiger partial charge on any atom is -0.353 e. The SMILES string of the molecule is CCCCC(C)NC(=O)CSC(C)=O. The molecule has 0 aromatic heterocycles. The molecule has 4 heteroatoms. The molecule has 0 aliphatic carbocycles. The summed E-state index contributed by atoms with van der Waals surface area (Å²) in [4.78, 5) is 21.8. The summed E-state index contributed by atoms with van der Waals surface area (Å²) >= 11 is 1.05.